The Morgan fingerprint density at radius 2 is 1.88 bits per heavy atom. The lowest BCUT2D eigenvalue weighted by Crippen LogP contribution is -2.69. The van der Waals surface area contributed by atoms with Crippen LogP contribution < -0.4 is 0 Å². The van der Waals surface area contributed by atoms with Crippen molar-refractivity contribution in [2.45, 2.75) is 72.2 Å². The monoisotopic (exact) mass is 554 g/mol. The van der Waals surface area contributed by atoms with Gasteiger partial charge >= 0.3 is 17.9 Å². The summed E-state index contributed by atoms with van der Waals surface area (Å²) in [6, 6.07) is 1.80. The summed E-state index contributed by atoms with van der Waals surface area (Å²) in [5.41, 5.74) is -0.815. The van der Waals surface area contributed by atoms with Gasteiger partial charge in [-0.05, 0) is 37.7 Å². The Morgan fingerprint density at radius 1 is 1.18 bits per heavy atom. The normalized spacial score (nSPS) is 38.6. The fourth-order valence-corrected chi connectivity index (χ4v) is 8.57. The quantitative estimate of drug-likeness (QED) is 0.247. The molecule has 9 nitrogen and oxygen atoms in total. The van der Waals surface area contributed by atoms with Crippen molar-refractivity contribution in [3.05, 3.63) is 48.0 Å². The highest BCUT2D eigenvalue weighted by Gasteiger charge is 2.70. The van der Waals surface area contributed by atoms with Gasteiger partial charge in [0.05, 0.1) is 32.0 Å². The number of hydrogen-bond donors (Lipinski definition) is 1. The smallest absolute Gasteiger partial charge is 0.335 e. The summed E-state index contributed by atoms with van der Waals surface area (Å²) in [7, 11) is 1.19. The number of fused-ring (bicyclic) bond motifs is 6. The van der Waals surface area contributed by atoms with Crippen LogP contribution in [0.1, 0.15) is 65.5 Å². The van der Waals surface area contributed by atoms with Crippen LogP contribution in [0.5, 0.6) is 0 Å². The number of esters is 3. The predicted molar refractivity (Wildman–Crippen MR) is 141 cm³/mol. The second kappa shape index (κ2) is 9.43. The Morgan fingerprint density at radius 3 is 2.48 bits per heavy atom. The minimum absolute atomic E-state index is 0.133. The van der Waals surface area contributed by atoms with Gasteiger partial charge in [0.15, 0.2) is 6.10 Å². The van der Waals surface area contributed by atoms with E-state index in [9.17, 15) is 24.3 Å². The van der Waals surface area contributed by atoms with E-state index in [4.69, 9.17) is 18.6 Å². The first-order valence-corrected chi connectivity index (χ1v) is 13.8. The average molecular weight is 555 g/mol. The summed E-state index contributed by atoms with van der Waals surface area (Å²) >= 11 is 0. The van der Waals surface area contributed by atoms with Crippen molar-refractivity contribution < 1.29 is 42.9 Å². The van der Waals surface area contributed by atoms with Crippen molar-refractivity contribution in [2.24, 2.45) is 39.9 Å². The lowest BCUT2D eigenvalue weighted by Gasteiger charge is -2.64. The first kappa shape index (κ1) is 28.3. The van der Waals surface area contributed by atoms with E-state index >= 15 is 0 Å². The van der Waals surface area contributed by atoms with Crippen molar-refractivity contribution >= 4 is 23.7 Å². The van der Waals surface area contributed by atoms with Crippen LogP contribution in [0.4, 0.5) is 0 Å². The van der Waals surface area contributed by atoms with E-state index in [-0.39, 0.29) is 35.6 Å². The van der Waals surface area contributed by atoms with Gasteiger partial charge in [0.25, 0.3) is 0 Å². The number of aliphatic hydroxyl groups is 1. The zero-order valence-corrected chi connectivity index (χ0v) is 23.9. The molecule has 2 heterocycles. The molecule has 1 aliphatic heterocycles. The van der Waals surface area contributed by atoms with E-state index in [1.165, 1.54) is 14.0 Å². The van der Waals surface area contributed by atoms with Crippen LogP contribution >= 0.6 is 0 Å². The number of hydrogen-bond acceptors (Lipinski definition) is 9. The highest BCUT2D eigenvalue weighted by molar-refractivity contribution is 5.95. The molecule has 0 radical (unpaired) electrons. The highest BCUT2D eigenvalue weighted by atomic mass is 16.6. The first-order valence-electron chi connectivity index (χ1n) is 13.8. The summed E-state index contributed by atoms with van der Waals surface area (Å²) in [6.07, 6.45) is 3.25. The molecule has 3 fully saturated rings. The standard InChI is InChI=1S/C31H38O9/c1-15(2)27(35)40-26-18-12-17-19(31(6,24(18)34)23(29(26,3)4)22(33)28(36)37-7)8-10-30(5)20(17)13-21(32)39-25(30)16-9-11-38-14-16/h9,11-12,14,18-20,22-23,25-26,33H,1,8,10,13H2,2-7H3/t18-,19-,20-,22+,23-,25-,26+,30+,31+/m0/s1. The molecule has 0 unspecified atom stereocenters. The topological polar surface area (TPSA) is 129 Å². The Labute approximate surface area is 233 Å². The molecule has 3 aliphatic carbocycles. The maximum absolute atomic E-state index is 14.4. The molecule has 2 saturated carbocycles. The van der Waals surface area contributed by atoms with E-state index in [1.54, 1.807) is 18.6 Å². The van der Waals surface area contributed by atoms with Crippen molar-refractivity contribution in [3.8, 4) is 0 Å². The number of ether oxygens (including phenoxy) is 3. The Balaban J connectivity index is 1.69. The average Bonchev–Trinajstić information content (AvgIpc) is 3.42. The Bertz CT molecular complexity index is 1290. The van der Waals surface area contributed by atoms with E-state index in [2.05, 4.69) is 13.5 Å². The van der Waals surface area contributed by atoms with Gasteiger partial charge < -0.3 is 23.7 Å². The van der Waals surface area contributed by atoms with Crippen LogP contribution in [0.15, 0.2) is 46.8 Å². The summed E-state index contributed by atoms with van der Waals surface area (Å²) in [6.45, 7) is 12.8. The molecule has 4 aliphatic rings. The Hall–Kier alpha value is -3.20. The number of cyclic esters (lactones) is 1. The molecule has 1 N–H and O–H groups in total. The summed E-state index contributed by atoms with van der Waals surface area (Å²) in [4.78, 5) is 53.0. The number of methoxy groups -OCH3 is 1. The van der Waals surface area contributed by atoms with Gasteiger partial charge in [-0.15, -0.1) is 0 Å². The molecule has 0 amide bonds. The van der Waals surface area contributed by atoms with E-state index in [0.717, 1.165) is 11.1 Å². The van der Waals surface area contributed by atoms with Gasteiger partial charge in [-0.3, -0.25) is 9.59 Å². The fourth-order valence-electron chi connectivity index (χ4n) is 8.57. The largest absolute Gasteiger partial charge is 0.472 e. The molecule has 9 heteroatoms. The predicted octanol–water partition coefficient (Wildman–Crippen LogP) is 4.11. The van der Waals surface area contributed by atoms with E-state index in [0.29, 0.717) is 12.8 Å². The number of carbonyl (C=O) groups excluding carboxylic acids is 4. The Kier molecular flexibility index (Phi) is 6.68. The van der Waals surface area contributed by atoms with Crippen LogP contribution in [-0.2, 0) is 33.4 Å². The lowest BCUT2D eigenvalue weighted by atomic mass is 9.40. The number of rotatable bonds is 5. The molecule has 1 aromatic rings. The van der Waals surface area contributed by atoms with Gasteiger partial charge in [0.2, 0.25) is 0 Å². The minimum Gasteiger partial charge on any atom is -0.472 e. The number of furan rings is 1. The molecule has 5 rings (SSSR count). The highest BCUT2D eigenvalue weighted by Crippen LogP contribution is 2.68. The van der Waals surface area contributed by atoms with Crippen LogP contribution in [-0.4, -0.2) is 48.1 Å². The van der Waals surface area contributed by atoms with Gasteiger partial charge in [-0.1, -0.05) is 45.9 Å². The SMILES string of the molecule is C=C(C)C(=O)O[C@@H]1[C@H]2C=C3[C@@H]4CC(=O)O[C@@H](c5ccoc5)[C@]4(C)CC[C@@H]3[C@@](C)(C2=O)[C@@H]([C@@H](O)C(=O)OC)C1(C)C. The van der Waals surface area contributed by atoms with Crippen molar-refractivity contribution in [1.29, 1.82) is 0 Å². The maximum Gasteiger partial charge on any atom is 0.335 e. The molecule has 9 atom stereocenters. The number of aliphatic hydroxyl groups excluding tert-OH is 1. The molecular weight excluding hydrogens is 516 g/mol. The number of allylic oxidation sites excluding steroid dienone is 1. The zero-order valence-electron chi connectivity index (χ0n) is 23.9. The molecule has 216 valence electrons. The second-order valence-corrected chi connectivity index (χ2v) is 13.0. The molecular formula is C31H38O9. The lowest BCUT2D eigenvalue weighted by molar-refractivity contribution is -0.208. The third kappa shape index (κ3) is 3.84. The molecule has 1 saturated heterocycles. The van der Waals surface area contributed by atoms with Gasteiger partial charge in [-0.25, -0.2) is 9.59 Å². The van der Waals surface area contributed by atoms with Crippen molar-refractivity contribution in [3.63, 3.8) is 0 Å². The third-order valence-corrected chi connectivity index (χ3v) is 10.4. The molecule has 0 aromatic carbocycles. The minimum atomic E-state index is -1.64. The van der Waals surface area contributed by atoms with E-state index < -0.39 is 58.3 Å². The van der Waals surface area contributed by atoms with Gasteiger partial charge in [0.1, 0.15) is 18.0 Å². The van der Waals surface area contributed by atoms with E-state index in [1.807, 2.05) is 26.8 Å². The van der Waals surface area contributed by atoms with Crippen molar-refractivity contribution in [2.75, 3.05) is 7.11 Å². The summed E-state index contributed by atoms with van der Waals surface area (Å²) in [5.74, 6) is -4.42. The van der Waals surface area contributed by atoms with Crippen LogP contribution in [0, 0.1) is 39.9 Å². The maximum atomic E-state index is 14.4. The number of Topliss-reactive ketones (excluding diaryl/α,β-unsaturated/α-hetero) is 1. The fraction of sp³-hybridized carbons (Fsp3) is 0.613. The van der Waals surface area contributed by atoms with Gasteiger partial charge in [0, 0.05) is 33.3 Å². The molecule has 40 heavy (non-hydrogen) atoms. The summed E-state index contributed by atoms with van der Waals surface area (Å²) < 4.78 is 22.1. The third-order valence-electron chi connectivity index (χ3n) is 10.4. The molecule has 0 spiro atoms. The molecule has 1 aromatic heterocycles. The zero-order chi connectivity index (χ0) is 29.4. The van der Waals surface area contributed by atoms with Crippen molar-refractivity contribution in [1.82, 2.24) is 0 Å². The van der Waals surface area contributed by atoms with Gasteiger partial charge in [-0.2, -0.15) is 0 Å². The molecule has 2 bridgehead atoms. The second-order valence-electron chi connectivity index (χ2n) is 13.0. The summed E-state index contributed by atoms with van der Waals surface area (Å²) in [5, 5.41) is 11.4. The van der Waals surface area contributed by atoms with Crippen LogP contribution in [0.25, 0.3) is 0 Å². The number of ketones is 1. The van der Waals surface area contributed by atoms with Crippen LogP contribution in [0.3, 0.4) is 0 Å². The number of carbonyl (C=O) groups is 4. The van der Waals surface area contributed by atoms with Crippen LogP contribution in [0.2, 0.25) is 0 Å². The first-order chi connectivity index (χ1) is 18.7.